The Morgan fingerprint density at radius 2 is 1.80 bits per heavy atom. The van der Waals surface area contributed by atoms with Crippen molar-refractivity contribution in [1.82, 2.24) is 14.5 Å². The van der Waals surface area contributed by atoms with Crippen molar-refractivity contribution in [2.75, 3.05) is 38.1 Å². The molecule has 0 saturated carbocycles. The van der Waals surface area contributed by atoms with E-state index in [1.165, 1.54) is 5.69 Å². The second-order valence-corrected chi connectivity index (χ2v) is 6.46. The lowest BCUT2D eigenvalue weighted by Gasteiger charge is -2.34. The van der Waals surface area contributed by atoms with Crippen LogP contribution in [-0.2, 0) is 7.05 Å². The summed E-state index contributed by atoms with van der Waals surface area (Å²) in [7, 11) is 4.13. The summed E-state index contributed by atoms with van der Waals surface area (Å²) in [6, 6.07) is 6.20. The lowest BCUT2D eigenvalue weighted by atomic mass is 10.2. The number of carbonyl (C=O) groups is 1. The number of nitrogens with zero attached hydrogens (tertiary/aromatic N) is 4. The number of hydrogen-bond donors (Lipinski definition) is 0. The third-order valence-corrected chi connectivity index (χ3v) is 4.72. The molecule has 0 aliphatic carbocycles. The Balaban J connectivity index is 0.00000109. The molecule has 25 heavy (non-hydrogen) atoms. The minimum atomic E-state index is 0.148. The van der Waals surface area contributed by atoms with E-state index in [9.17, 15) is 4.79 Å². The third kappa shape index (κ3) is 4.21. The molecule has 138 valence electrons. The molecule has 2 aromatic rings. The van der Waals surface area contributed by atoms with Crippen molar-refractivity contribution >= 4 is 22.5 Å². The number of likely N-dealkylation sites (N-methyl/N-ethyl adjacent to an activating group) is 1. The quantitative estimate of drug-likeness (QED) is 0.775. The van der Waals surface area contributed by atoms with E-state index >= 15 is 0 Å². The van der Waals surface area contributed by atoms with Crippen molar-refractivity contribution in [3.8, 4) is 0 Å². The van der Waals surface area contributed by atoms with E-state index in [2.05, 4.69) is 34.8 Å². The second-order valence-electron chi connectivity index (χ2n) is 6.46. The molecular formula is C20H32N4O. The molecule has 1 fully saturated rings. The van der Waals surface area contributed by atoms with Gasteiger partial charge < -0.3 is 14.4 Å². The van der Waals surface area contributed by atoms with Crippen molar-refractivity contribution in [2.24, 2.45) is 7.05 Å². The monoisotopic (exact) mass is 344 g/mol. The Kier molecular flexibility index (Phi) is 7.00. The van der Waals surface area contributed by atoms with Crippen molar-refractivity contribution in [1.29, 1.82) is 0 Å². The number of fused-ring (bicyclic) bond motifs is 1. The number of unbranched alkanes of at least 4 members (excludes halogenated alkanes) is 1. The highest BCUT2D eigenvalue weighted by atomic mass is 16.1. The van der Waals surface area contributed by atoms with Crippen LogP contribution in [0.15, 0.2) is 18.2 Å². The van der Waals surface area contributed by atoms with E-state index in [-0.39, 0.29) is 5.78 Å². The van der Waals surface area contributed by atoms with Crippen molar-refractivity contribution < 1.29 is 4.79 Å². The van der Waals surface area contributed by atoms with Gasteiger partial charge in [0.25, 0.3) is 0 Å². The fraction of sp³-hybridized carbons (Fsp3) is 0.600. The fourth-order valence-corrected chi connectivity index (χ4v) is 3.25. The predicted molar refractivity (Wildman–Crippen MR) is 106 cm³/mol. The Morgan fingerprint density at radius 3 is 2.44 bits per heavy atom. The molecule has 1 aliphatic heterocycles. The number of imidazole rings is 1. The first-order valence-electron chi connectivity index (χ1n) is 9.54. The van der Waals surface area contributed by atoms with Gasteiger partial charge in [-0.1, -0.05) is 33.3 Å². The summed E-state index contributed by atoms with van der Waals surface area (Å²) in [6.07, 6.45) is 2.53. The SMILES string of the molecule is CC.CCCCC(=O)c1nc2cccc(N3CCN(C)CC3)c2n1C. The van der Waals surface area contributed by atoms with Crippen LogP contribution in [0.1, 0.15) is 50.7 Å². The highest BCUT2D eigenvalue weighted by Gasteiger charge is 2.21. The van der Waals surface area contributed by atoms with E-state index in [1.807, 2.05) is 37.6 Å². The molecule has 0 amide bonds. The Hall–Kier alpha value is -1.88. The van der Waals surface area contributed by atoms with E-state index in [1.54, 1.807) is 0 Å². The van der Waals surface area contributed by atoms with Gasteiger partial charge in [-0.05, 0) is 25.6 Å². The van der Waals surface area contributed by atoms with Gasteiger partial charge in [-0.3, -0.25) is 4.79 Å². The standard InChI is InChI=1S/C18H26N4O.C2H6/c1-4-5-9-16(23)18-19-14-7-6-8-15(17(14)21(18)3)22-12-10-20(2)11-13-22;1-2/h6-8H,4-5,9-13H2,1-3H3;1-2H3. The molecule has 0 spiro atoms. The number of para-hydroxylation sites is 1. The molecule has 1 aromatic carbocycles. The Bertz CT molecular complexity index is 699. The maximum Gasteiger partial charge on any atom is 0.198 e. The van der Waals surface area contributed by atoms with Crippen LogP contribution in [0.4, 0.5) is 5.69 Å². The normalized spacial score (nSPS) is 15.2. The number of benzene rings is 1. The molecule has 5 nitrogen and oxygen atoms in total. The molecule has 0 N–H and O–H groups in total. The van der Waals surface area contributed by atoms with Crippen LogP contribution in [0.5, 0.6) is 0 Å². The Labute approximate surface area is 151 Å². The van der Waals surface area contributed by atoms with Crippen molar-refractivity contribution in [2.45, 2.75) is 40.0 Å². The fourth-order valence-electron chi connectivity index (χ4n) is 3.25. The number of hydrogen-bond acceptors (Lipinski definition) is 4. The van der Waals surface area contributed by atoms with Gasteiger partial charge in [-0.25, -0.2) is 4.98 Å². The molecule has 2 heterocycles. The van der Waals surface area contributed by atoms with Crippen LogP contribution in [0.3, 0.4) is 0 Å². The van der Waals surface area contributed by atoms with Gasteiger partial charge in [0.15, 0.2) is 11.6 Å². The van der Waals surface area contributed by atoms with Crippen molar-refractivity contribution in [3.05, 3.63) is 24.0 Å². The molecule has 1 saturated heterocycles. The van der Waals surface area contributed by atoms with Crippen LogP contribution in [0.25, 0.3) is 11.0 Å². The van der Waals surface area contributed by atoms with Gasteiger partial charge in [0.05, 0.1) is 16.7 Å². The number of anilines is 1. The molecule has 0 atom stereocenters. The highest BCUT2D eigenvalue weighted by Crippen LogP contribution is 2.28. The number of Topliss-reactive ketones (excluding diaryl/α,β-unsaturated/α-hetero) is 1. The van der Waals surface area contributed by atoms with E-state index in [0.29, 0.717) is 12.2 Å². The molecule has 1 aliphatic rings. The first kappa shape index (κ1) is 19.4. The summed E-state index contributed by atoms with van der Waals surface area (Å²) >= 11 is 0. The summed E-state index contributed by atoms with van der Waals surface area (Å²) in [6.45, 7) is 10.3. The van der Waals surface area contributed by atoms with Crippen LogP contribution in [0.2, 0.25) is 0 Å². The average Bonchev–Trinajstić information content (AvgIpc) is 2.99. The number of aromatic nitrogens is 2. The summed E-state index contributed by atoms with van der Waals surface area (Å²) in [5.74, 6) is 0.741. The lowest BCUT2D eigenvalue weighted by molar-refractivity contribution is 0.0967. The smallest absolute Gasteiger partial charge is 0.198 e. The molecular weight excluding hydrogens is 312 g/mol. The van der Waals surface area contributed by atoms with Crippen LogP contribution in [-0.4, -0.2) is 53.5 Å². The summed E-state index contributed by atoms with van der Waals surface area (Å²) in [4.78, 5) is 21.8. The molecule has 5 heteroatoms. The van der Waals surface area contributed by atoms with Crippen LogP contribution >= 0.6 is 0 Å². The first-order chi connectivity index (χ1) is 12.1. The summed E-state index contributed by atoms with van der Waals surface area (Å²) in [5, 5.41) is 0. The summed E-state index contributed by atoms with van der Waals surface area (Å²) < 4.78 is 1.99. The van der Waals surface area contributed by atoms with Gasteiger partial charge in [0, 0.05) is 39.6 Å². The summed E-state index contributed by atoms with van der Waals surface area (Å²) in [5.41, 5.74) is 3.20. The second kappa shape index (κ2) is 8.99. The first-order valence-corrected chi connectivity index (χ1v) is 9.54. The number of rotatable bonds is 5. The minimum Gasteiger partial charge on any atom is -0.367 e. The Morgan fingerprint density at radius 1 is 1.12 bits per heavy atom. The van der Waals surface area contributed by atoms with Gasteiger partial charge in [0.2, 0.25) is 0 Å². The minimum absolute atomic E-state index is 0.148. The van der Waals surface area contributed by atoms with Gasteiger partial charge in [-0.2, -0.15) is 0 Å². The molecule has 0 radical (unpaired) electrons. The molecule has 0 unspecified atom stereocenters. The molecule has 1 aromatic heterocycles. The van der Waals surface area contributed by atoms with Gasteiger partial charge in [-0.15, -0.1) is 0 Å². The third-order valence-electron chi connectivity index (χ3n) is 4.72. The maximum absolute atomic E-state index is 12.4. The zero-order chi connectivity index (χ0) is 18.4. The topological polar surface area (TPSA) is 41.4 Å². The van der Waals surface area contributed by atoms with Gasteiger partial charge in [0.1, 0.15) is 0 Å². The van der Waals surface area contributed by atoms with E-state index in [4.69, 9.17) is 0 Å². The zero-order valence-electron chi connectivity index (χ0n) is 16.4. The highest BCUT2D eigenvalue weighted by molar-refractivity contribution is 5.99. The number of piperazine rings is 1. The van der Waals surface area contributed by atoms with Gasteiger partial charge >= 0.3 is 0 Å². The molecule has 0 bridgehead atoms. The van der Waals surface area contributed by atoms with E-state index < -0.39 is 0 Å². The average molecular weight is 345 g/mol. The largest absolute Gasteiger partial charge is 0.367 e. The van der Waals surface area contributed by atoms with E-state index in [0.717, 1.165) is 50.1 Å². The number of carbonyl (C=O) groups excluding carboxylic acids is 1. The van der Waals surface area contributed by atoms with Crippen molar-refractivity contribution in [3.63, 3.8) is 0 Å². The zero-order valence-corrected chi connectivity index (χ0v) is 16.4. The predicted octanol–water partition coefficient (Wildman–Crippen LogP) is 3.72. The van der Waals surface area contributed by atoms with Crippen LogP contribution < -0.4 is 4.90 Å². The lowest BCUT2D eigenvalue weighted by Crippen LogP contribution is -2.44. The van der Waals surface area contributed by atoms with Crippen LogP contribution in [0, 0.1) is 0 Å². The number of ketones is 1. The number of aryl methyl sites for hydroxylation is 1. The maximum atomic E-state index is 12.4. The molecule has 3 rings (SSSR count).